The minimum Gasteiger partial charge on any atom is -0.463 e. The van der Waals surface area contributed by atoms with E-state index in [1.54, 1.807) is 41.6 Å². The van der Waals surface area contributed by atoms with Crippen molar-refractivity contribution in [2.24, 2.45) is 10.9 Å². The number of aliphatic imine (C=N–C) groups is 1. The van der Waals surface area contributed by atoms with E-state index in [4.69, 9.17) is 4.42 Å². The molecule has 28 heavy (non-hydrogen) atoms. The number of nitrogens with zero attached hydrogens (tertiary/aromatic N) is 3. The molecule has 5 rings (SSSR count). The Morgan fingerprint density at radius 1 is 1.21 bits per heavy atom. The quantitative estimate of drug-likeness (QED) is 0.720. The lowest BCUT2D eigenvalue weighted by Crippen LogP contribution is -2.56. The minimum absolute atomic E-state index is 0.0587. The number of rotatable bonds is 5. The number of carbonyl (C=O) groups is 1. The maximum Gasteiger partial charge on any atom is 0.269 e. The Labute approximate surface area is 161 Å². The summed E-state index contributed by atoms with van der Waals surface area (Å²) >= 11 is 0. The van der Waals surface area contributed by atoms with E-state index in [0.717, 1.165) is 6.42 Å². The molecular weight excluding hydrogens is 354 g/mol. The fraction of sp³-hybridized carbons (Fsp3) is 0.190. The van der Waals surface area contributed by atoms with E-state index in [2.05, 4.69) is 32.9 Å². The van der Waals surface area contributed by atoms with Gasteiger partial charge in [-0.2, -0.15) is 5.10 Å². The number of furan rings is 1. The Morgan fingerprint density at radius 2 is 2.11 bits per heavy atom. The molecule has 2 N–H and O–H groups in total. The van der Waals surface area contributed by atoms with Crippen molar-refractivity contribution in [3.63, 3.8) is 0 Å². The number of benzene rings is 1. The van der Waals surface area contributed by atoms with Crippen molar-refractivity contribution in [2.75, 3.05) is 0 Å². The lowest BCUT2D eigenvalue weighted by Gasteiger charge is -2.33. The van der Waals surface area contributed by atoms with Gasteiger partial charge in [-0.3, -0.25) is 4.79 Å². The molecule has 1 amide bonds. The summed E-state index contributed by atoms with van der Waals surface area (Å²) in [6, 6.07) is 15.5. The molecule has 2 aromatic heterocycles. The van der Waals surface area contributed by atoms with Gasteiger partial charge in [0.2, 0.25) is 5.91 Å². The molecule has 1 aromatic carbocycles. The molecular formula is C21H19N5O2. The van der Waals surface area contributed by atoms with Crippen LogP contribution in [0.1, 0.15) is 23.7 Å². The number of hydrogen-bond acceptors (Lipinski definition) is 5. The Kier molecular flexibility index (Phi) is 3.86. The Bertz CT molecular complexity index is 1020. The molecule has 7 nitrogen and oxygen atoms in total. The first-order valence-corrected chi connectivity index (χ1v) is 9.20. The number of aromatic nitrogens is 2. The van der Waals surface area contributed by atoms with Crippen LogP contribution in [0.4, 0.5) is 0 Å². The summed E-state index contributed by atoms with van der Waals surface area (Å²) in [4.78, 5) is 17.6. The van der Waals surface area contributed by atoms with Gasteiger partial charge in [-0.25, -0.2) is 9.67 Å². The molecule has 140 valence electrons. The molecule has 3 heterocycles. The number of hydrogen-bond donors (Lipinski definition) is 2. The van der Waals surface area contributed by atoms with E-state index in [0.29, 0.717) is 11.6 Å². The molecule has 7 heteroatoms. The molecule has 0 spiro atoms. The molecule has 0 radical (unpaired) electrons. The Morgan fingerprint density at radius 3 is 2.86 bits per heavy atom. The Balaban J connectivity index is 1.39. The second kappa shape index (κ2) is 6.53. The van der Waals surface area contributed by atoms with Crippen molar-refractivity contribution >= 4 is 17.9 Å². The summed E-state index contributed by atoms with van der Waals surface area (Å²) in [7, 11) is 0. The number of carbonyl (C=O) groups excluding carboxylic acids is 1. The molecule has 0 bridgehead atoms. The average Bonchev–Trinajstić information content (AvgIpc) is 3.13. The van der Waals surface area contributed by atoms with Crippen molar-refractivity contribution in [1.82, 2.24) is 20.4 Å². The van der Waals surface area contributed by atoms with Crippen molar-refractivity contribution in [3.05, 3.63) is 84.6 Å². The number of amides is 1. The van der Waals surface area contributed by atoms with Crippen LogP contribution < -0.4 is 10.6 Å². The maximum absolute atomic E-state index is 13.0. The molecule has 2 aliphatic rings. The molecule has 3 aromatic rings. The van der Waals surface area contributed by atoms with Crippen LogP contribution in [0.15, 0.2) is 82.7 Å². The fourth-order valence-corrected chi connectivity index (χ4v) is 3.58. The van der Waals surface area contributed by atoms with Crippen LogP contribution in [-0.4, -0.2) is 21.9 Å². The third-order valence-electron chi connectivity index (χ3n) is 5.10. The van der Waals surface area contributed by atoms with Gasteiger partial charge in [0, 0.05) is 24.5 Å². The van der Waals surface area contributed by atoms with Gasteiger partial charge in [0.1, 0.15) is 5.82 Å². The predicted octanol–water partition coefficient (Wildman–Crippen LogP) is 2.68. The third-order valence-corrected chi connectivity index (χ3v) is 5.10. The van der Waals surface area contributed by atoms with Gasteiger partial charge in [0.05, 0.1) is 6.26 Å². The second-order valence-electron chi connectivity index (χ2n) is 6.94. The van der Waals surface area contributed by atoms with E-state index in [1.165, 1.54) is 5.56 Å². The van der Waals surface area contributed by atoms with E-state index in [1.807, 2.05) is 30.5 Å². The van der Waals surface area contributed by atoms with Crippen molar-refractivity contribution in [2.45, 2.75) is 18.1 Å². The smallest absolute Gasteiger partial charge is 0.269 e. The summed E-state index contributed by atoms with van der Waals surface area (Å²) in [5.74, 6) is 0.0878. The standard InChI is InChI=1S/C21H19N5O2/c27-20(17-14-16(17)15-6-2-1-3-7-15)25-21(18-8-4-13-28-18)22-11-9-19(24-21)26-12-5-10-23-26/h1-13,16-17,24H,14H2,(H,25,27)/t16-,17?,21?/m1/s1. The first-order valence-electron chi connectivity index (χ1n) is 9.20. The molecule has 1 saturated carbocycles. The highest BCUT2D eigenvalue weighted by Gasteiger charge is 2.48. The molecule has 3 atom stereocenters. The van der Waals surface area contributed by atoms with Gasteiger partial charge < -0.3 is 15.1 Å². The normalized spacial score (nSPS) is 25.6. The topological polar surface area (TPSA) is 84.5 Å². The van der Waals surface area contributed by atoms with Crippen molar-refractivity contribution in [1.29, 1.82) is 0 Å². The van der Waals surface area contributed by atoms with E-state index in [9.17, 15) is 4.79 Å². The summed E-state index contributed by atoms with van der Waals surface area (Å²) in [5.41, 5.74) is 1.19. The van der Waals surface area contributed by atoms with Crippen LogP contribution in [0, 0.1) is 5.92 Å². The lowest BCUT2D eigenvalue weighted by molar-refractivity contribution is -0.125. The zero-order valence-electron chi connectivity index (χ0n) is 15.0. The molecule has 2 unspecified atom stereocenters. The highest BCUT2D eigenvalue weighted by Crippen LogP contribution is 2.48. The second-order valence-corrected chi connectivity index (χ2v) is 6.94. The minimum atomic E-state index is -1.21. The molecule has 1 aliphatic carbocycles. The maximum atomic E-state index is 13.0. The average molecular weight is 373 g/mol. The fourth-order valence-electron chi connectivity index (χ4n) is 3.58. The van der Waals surface area contributed by atoms with Crippen LogP contribution in [-0.2, 0) is 10.6 Å². The van der Waals surface area contributed by atoms with Gasteiger partial charge in [0.15, 0.2) is 5.76 Å². The van der Waals surface area contributed by atoms with Gasteiger partial charge in [-0.05, 0) is 42.2 Å². The van der Waals surface area contributed by atoms with Gasteiger partial charge in [-0.15, -0.1) is 0 Å². The van der Waals surface area contributed by atoms with Crippen molar-refractivity contribution < 1.29 is 9.21 Å². The molecule has 1 aliphatic heterocycles. The van der Waals surface area contributed by atoms with Gasteiger partial charge >= 0.3 is 0 Å². The Hall–Kier alpha value is -3.61. The van der Waals surface area contributed by atoms with Crippen molar-refractivity contribution in [3.8, 4) is 0 Å². The van der Waals surface area contributed by atoms with E-state index >= 15 is 0 Å². The van der Waals surface area contributed by atoms with Gasteiger partial charge in [-0.1, -0.05) is 30.3 Å². The van der Waals surface area contributed by atoms with Crippen LogP contribution >= 0.6 is 0 Å². The number of allylic oxidation sites excluding steroid dienone is 1. The molecule has 1 fully saturated rings. The van der Waals surface area contributed by atoms with Crippen LogP contribution in [0.3, 0.4) is 0 Å². The SMILES string of the molecule is O=C(NC1(c2ccco2)N=CC=C(n2cccn2)N1)C1C[C@@H]1c1ccccc1. The van der Waals surface area contributed by atoms with Crippen LogP contribution in [0.2, 0.25) is 0 Å². The zero-order chi connectivity index (χ0) is 19.0. The number of nitrogens with one attached hydrogen (secondary N) is 2. The summed E-state index contributed by atoms with van der Waals surface area (Å²) in [6.45, 7) is 0. The molecule has 0 saturated heterocycles. The van der Waals surface area contributed by atoms with Gasteiger partial charge in [0.25, 0.3) is 5.79 Å². The predicted molar refractivity (Wildman–Crippen MR) is 104 cm³/mol. The third kappa shape index (κ3) is 2.90. The lowest BCUT2D eigenvalue weighted by atomic mass is 10.1. The summed E-state index contributed by atoms with van der Waals surface area (Å²) in [6.07, 6.45) is 9.35. The highest BCUT2D eigenvalue weighted by atomic mass is 16.3. The van der Waals surface area contributed by atoms with E-state index < -0.39 is 5.79 Å². The van der Waals surface area contributed by atoms with E-state index in [-0.39, 0.29) is 17.7 Å². The first kappa shape index (κ1) is 16.6. The monoisotopic (exact) mass is 373 g/mol. The largest absolute Gasteiger partial charge is 0.463 e. The summed E-state index contributed by atoms with van der Waals surface area (Å²) in [5, 5.41) is 10.6. The van der Waals surface area contributed by atoms with Crippen LogP contribution in [0.5, 0.6) is 0 Å². The highest BCUT2D eigenvalue weighted by molar-refractivity contribution is 5.86. The zero-order valence-corrected chi connectivity index (χ0v) is 15.0. The summed E-state index contributed by atoms with van der Waals surface area (Å²) < 4.78 is 7.29. The first-order chi connectivity index (χ1) is 13.8. The van der Waals surface area contributed by atoms with Crippen LogP contribution in [0.25, 0.3) is 5.82 Å².